The van der Waals surface area contributed by atoms with E-state index in [0.29, 0.717) is 18.0 Å². The lowest BCUT2D eigenvalue weighted by atomic mass is 10.0. The second-order valence-electron chi connectivity index (χ2n) is 6.33. The summed E-state index contributed by atoms with van der Waals surface area (Å²) in [4.78, 5) is 21.0. The molecule has 1 aromatic heterocycles. The Hall–Kier alpha value is -2.40. The molecule has 2 heterocycles. The summed E-state index contributed by atoms with van der Waals surface area (Å²) < 4.78 is 5.92. The van der Waals surface area contributed by atoms with Gasteiger partial charge in [0, 0.05) is 31.9 Å². The van der Waals surface area contributed by atoms with Gasteiger partial charge in [0.2, 0.25) is 5.88 Å². The van der Waals surface area contributed by atoms with Crippen molar-refractivity contribution in [2.45, 2.75) is 19.3 Å². The van der Waals surface area contributed by atoms with Gasteiger partial charge < -0.3 is 14.5 Å². The summed E-state index contributed by atoms with van der Waals surface area (Å²) in [6.07, 6.45) is 12.5. The molecule has 5 nitrogen and oxygen atoms in total. The highest BCUT2D eigenvalue weighted by Crippen LogP contribution is 2.26. The van der Waals surface area contributed by atoms with Crippen molar-refractivity contribution in [1.29, 1.82) is 0 Å². The van der Waals surface area contributed by atoms with E-state index in [1.54, 1.807) is 23.2 Å². The lowest BCUT2D eigenvalue weighted by Gasteiger charge is -2.20. The number of pyridine rings is 1. The molecular formula is C19H23N3O2. The van der Waals surface area contributed by atoms with E-state index in [1.807, 2.05) is 20.3 Å². The summed E-state index contributed by atoms with van der Waals surface area (Å²) in [5.74, 6) is 1.10. The molecule has 1 aliphatic carbocycles. The van der Waals surface area contributed by atoms with Gasteiger partial charge in [-0.3, -0.25) is 4.79 Å². The fourth-order valence-corrected chi connectivity index (χ4v) is 2.74. The Labute approximate surface area is 142 Å². The van der Waals surface area contributed by atoms with Gasteiger partial charge >= 0.3 is 0 Å². The van der Waals surface area contributed by atoms with Gasteiger partial charge in [0.25, 0.3) is 5.91 Å². The van der Waals surface area contributed by atoms with Crippen molar-refractivity contribution in [2.75, 3.05) is 27.2 Å². The highest BCUT2D eigenvalue weighted by atomic mass is 16.5. The van der Waals surface area contributed by atoms with E-state index in [-0.39, 0.29) is 5.91 Å². The number of hydrogen-bond donors (Lipinski definition) is 0. The summed E-state index contributed by atoms with van der Waals surface area (Å²) >= 11 is 0. The Morgan fingerprint density at radius 1 is 1.38 bits per heavy atom. The van der Waals surface area contributed by atoms with Gasteiger partial charge in [0.15, 0.2) is 0 Å². The van der Waals surface area contributed by atoms with Gasteiger partial charge in [-0.15, -0.1) is 0 Å². The molecule has 5 heteroatoms. The quantitative estimate of drug-likeness (QED) is 0.835. The predicted octanol–water partition coefficient (Wildman–Crippen LogP) is 2.99. The van der Waals surface area contributed by atoms with Crippen LogP contribution in [0.15, 0.2) is 54.1 Å². The number of ether oxygens (including phenoxy) is 1. The molecule has 0 atom stereocenters. The summed E-state index contributed by atoms with van der Waals surface area (Å²) in [5.41, 5.74) is 1.77. The lowest BCUT2D eigenvalue weighted by molar-refractivity contribution is 0.0832. The monoisotopic (exact) mass is 325 g/mol. The van der Waals surface area contributed by atoms with Crippen LogP contribution in [0, 0.1) is 0 Å². The van der Waals surface area contributed by atoms with Crippen LogP contribution in [0.1, 0.15) is 29.6 Å². The fourth-order valence-electron chi connectivity index (χ4n) is 2.74. The zero-order chi connectivity index (χ0) is 16.9. The van der Waals surface area contributed by atoms with Crippen LogP contribution in [0.5, 0.6) is 5.88 Å². The van der Waals surface area contributed by atoms with Crippen molar-refractivity contribution in [2.24, 2.45) is 0 Å². The molecule has 24 heavy (non-hydrogen) atoms. The van der Waals surface area contributed by atoms with E-state index < -0.39 is 0 Å². The number of hydrogen-bond acceptors (Lipinski definition) is 4. The summed E-state index contributed by atoms with van der Waals surface area (Å²) in [5, 5.41) is 0. The molecule has 1 aliphatic heterocycles. The average molecular weight is 325 g/mol. The number of carbonyl (C=O) groups excluding carboxylic acids is 1. The molecule has 0 fully saturated rings. The molecule has 0 saturated carbocycles. The summed E-state index contributed by atoms with van der Waals surface area (Å²) in [6, 6.07) is 3.54. The minimum absolute atomic E-state index is 0.0617. The maximum Gasteiger partial charge on any atom is 0.263 e. The molecule has 2 aliphatic rings. The van der Waals surface area contributed by atoms with Crippen LogP contribution in [0.4, 0.5) is 0 Å². The van der Waals surface area contributed by atoms with Crippen LogP contribution in [0.3, 0.4) is 0 Å². The van der Waals surface area contributed by atoms with Crippen molar-refractivity contribution in [3.8, 4) is 5.88 Å². The molecule has 0 unspecified atom stereocenters. The molecule has 1 amide bonds. The molecule has 1 aromatic rings. The van der Waals surface area contributed by atoms with Crippen LogP contribution in [0.2, 0.25) is 0 Å². The van der Waals surface area contributed by atoms with Crippen LogP contribution in [-0.4, -0.2) is 47.9 Å². The normalized spacial score (nSPS) is 17.1. The van der Waals surface area contributed by atoms with Crippen LogP contribution in [0.25, 0.3) is 0 Å². The van der Waals surface area contributed by atoms with Gasteiger partial charge in [-0.1, -0.05) is 23.8 Å². The topological polar surface area (TPSA) is 45.7 Å². The lowest BCUT2D eigenvalue weighted by Crippen LogP contribution is -2.28. The molecule has 0 spiro atoms. The van der Waals surface area contributed by atoms with E-state index in [9.17, 15) is 4.79 Å². The second-order valence-corrected chi connectivity index (χ2v) is 6.33. The van der Waals surface area contributed by atoms with E-state index >= 15 is 0 Å². The number of fused-ring (bicyclic) bond motifs is 1. The van der Waals surface area contributed by atoms with Crippen molar-refractivity contribution < 1.29 is 9.53 Å². The molecule has 0 saturated heterocycles. The molecule has 126 valence electrons. The van der Waals surface area contributed by atoms with Crippen LogP contribution >= 0.6 is 0 Å². The SMILES string of the molecule is CN(C)CCC1=CN(CC2=CC=CCC2)C(=O)c2cccnc2O1. The van der Waals surface area contributed by atoms with E-state index in [0.717, 1.165) is 31.6 Å². The van der Waals surface area contributed by atoms with E-state index in [2.05, 4.69) is 28.1 Å². The Morgan fingerprint density at radius 3 is 3.00 bits per heavy atom. The minimum atomic E-state index is -0.0617. The number of aromatic nitrogens is 1. The predicted molar refractivity (Wildman–Crippen MR) is 93.6 cm³/mol. The number of allylic oxidation sites excluding steroid dienone is 3. The fraction of sp³-hybridized carbons (Fsp3) is 0.368. The van der Waals surface area contributed by atoms with Crippen molar-refractivity contribution in [3.63, 3.8) is 0 Å². The first kappa shape index (κ1) is 16.5. The average Bonchev–Trinajstić information content (AvgIpc) is 2.72. The highest BCUT2D eigenvalue weighted by Gasteiger charge is 2.25. The first-order valence-electron chi connectivity index (χ1n) is 8.27. The Kier molecular flexibility index (Phi) is 5.11. The van der Waals surface area contributed by atoms with Crippen LogP contribution < -0.4 is 4.74 Å². The van der Waals surface area contributed by atoms with E-state index in [4.69, 9.17) is 4.74 Å². The van der Waals surface area contributed by atoms with Gasteiger partial charge in [-0.2, -0.15) is 0 Å². The standard InChI is InChI=1S/C19H23N3O2/c1-21(2)12-10-16-14-22(13-15-7-4-3-5-8-15)19(23)17-9-6-11-20-18(17)24-16/h3-4,6-7,9,11,14H,5,8,10,12-13H2,1-2H3. The number of amides is 1. The smallest absolute Gasteiger partial charge is 0.263 e. The van der Waals surface area contributed by atoms with E-state index in [1.165, 1.54) is 5.57 Å². The number of rotatable bonds is 5. The van der Waals surface area contributed by atoms with Crippen LogP contribution in [-0.2, 0) is 0 Å². The summed E-state index contributed by atoms with van der Waals surface area (Å²) in [7, 11) is 4.04. The molecule has 0 radical (unpaired) electrons. The Balaban J connectivity index is 1.88. The van der Waals surface area contributed by atoms with Gasteiger partial charge in [0.05, 0.1) is 0 Å². The first-order valence-corrected chi connectivity index (χ1v) is 8.27. The third-order valence-corrected chi connectivity index (χ3v) is 4.07. The highest BCUT2D eigenvalue weighted by molar-refractivity contribution is 5.97. The third kappa shape index (κ3) is 3.92. The Bertz CT molecular complexity index is 704. The third-order valence-electron chi connectivity index (χ3n) is 4.07. The second kappa shape index (κ2) is 7.45. The van der Waals surface area contributed by atoms with Crippen molar-refractivity contribution in [1.82, 2.24) is 14.8 Å². The van der Waals surface area contributed by atoms with Gasteiger partial charge in [0.1, 0.15) is 11.3 Å². The maximum atomic E-state index is 12.9. The molecular weight excluding hydrogens is 302 g/mol. The van der Waals surface area contributed by atoms with Gasteiger partial charge in [-0.25, -0.2) is 4.98 Å². The maximum absolute atomic E-state index is 12.9. The first-order chi connectivity index (χ1) is 11.6. The Morgan fingerprint density at radius 2 is 2.25 bits per heavy atom. The summed E-state index contributed by atoms with van der Waals surface area (Å²) in [6.45, 7) is 1.44. The zero-order valence-corrected chi connectivity index (χ0v) is 14.2. The molecule has 3 rings (SSSR count). The minimum Gasteiger partial charge on any atom is -0.441 e. The van der Waals surface area contributed by atoms with Crippen molar-refractivity contribution in [3.05, 3.63) is 59.7 Å². The zero-order valence-electron chi connectivity index (χ0n) is 14.2. The molecule has 0 N–H and O–H groups in total. The van der Waals surface area contributed by atoms with Crippen molar-refractivity contribution >= 4 is 5.91 Å². The number of carbonyl (C=O) groups is 1. The molecule has 0 aromatic carbocycles. The number of nitrogens with zero attached hydrogens (tertiary/aromatic N) is 3. The largest absolute Gasteiger partial charge is 0.441 e. The molecule has 0 bridgehead atoms. The van der Waals surface area contributed by atoms with Gasteiger partial charge in [-0.05, 0) is 39.1 Å².